The van der Waals surface area contributed by atoms with Gasteiger partial charge in [-0.05, 0) is 37.1 Å². The Labute approximate surface area is 168 Å². The molecule has 6 nitrogen and oxygen atoms in total. The Morgan fingerprint density at radius 2 is 1.93 bits per heavy atom. The van der Waals surface area contributed by atoms with Gasteiger partial charge < -0.3 is 18.8 Å². The van der Waals surface area contributed by atoms with Gasteiger partial charge in [-0.2, -0.15) is 0 Å². The standard InChI is InChI=1S/C21H21ClN2O4/c1-26-18-12-14(11-15(22)19(18)27-2)21(25)24-9-7-13(8-10-24)20-23-16-5-3-4-6-17(16)28-20/h3-6,11-13H,7-10H2,1-2H3. The maximum atomic E-state index is 12.9. The summed E-state index contributed by atoms with van der Waals surface area (Å²) in [4.78, 5) is 19.4. The third-order valence-electron chi connectivity index (χ3n) is 5.12. The number of rotatable bonds is 4. The van der Waals surface area contributed by atoms with Crippen LogP contribution in [0.3, 0.4) is 0 Å². The summed E-state index contributed by atoms with van der Waals surface area (Å²) in [6, 6.07) is 11.0. The molecule has 0 saturated carbocycles. The van der Waals surface area contributed by atoms with Gasteiger partial charge in [-0.1, -0.05) is 23.7 Å². The highest BCUT2D eigenvalue weighted by atomic mass is 35.5. The van der Waals surface area contributed by atoms with E-state index in [9.17, 15) is 4.79 Å². The molecule has 0 aliphatic carbocycles. The molecule has 0 bridgehead atoms. The van der Waals surface area contributed by atoms with Crippen LogP contribution in [-0.4, -0.2) is 43.1 Å². The SMILES string of the molecule is COc1cc(C(=O)N2CCC(c3nc4ccccc4o3)CC2)cc(Cl)c1OC. The largest absolute Gasteiger partial charge is 0.493 e. The van der Waals surface area contributed by atoms with Crippen molar-refractivity contribution in [1.82, 2.24) is 9.88 Å². The number of aromatic nitrogens is 1. The van der Waals surface area contributed by atoms with Crippen molar-refractivity contribution >= 4 is 28.6 Å². The van der Waals surface area contributed by atoms with Gasteiger partial charge in [-0.25, -0.2) is 4.98 Å². The molecule has 3 aromatic rings. The number of carbonyl (C=O) groups is 1. The molecule has 0 spiro atoms. The highest BCUT2D eigenvalue weighted by Crippen LogP contribution is 2.37. The van der Waals surface area contributed by atoms with E-state index in [1.165, 1.54) is 14.2 Å². The van der Waals surface area contributed by atoms with Crippen LogP contribution in [-0.2, 0) is 0 Å². The van der Waals surface area contributed by atoms with E-state index in [1.807, 2.05) is 29.2 Å². The molecule has 0 radical (unpaired) electrons. The first kappa shape index (κ1) is 18.6. The number of para-hydroxylation sites is 2. The fourth-order valence-electron chi connectivity index (χ4n) is 3.62. The molecule has 1 saturated heterocycles. The molecule has 1 aliphatic rings. The number of oxazole rings is 1. The minimum Gasteiger partial charge on any atom is -0.493 e. The molecule has 0 atom stereocenters. The highest BCUT2D eigenvalue weighted by Gasteiger charge is 2.28. The van der Waals surface area contributed by atoms with Gasteiger partial charge in [0, 0.05) is 24.6 Å². The van der Waals surface area contributed by atoms with E-state index in [4.69, 9.17) is 25.5 Å². The number of fused-ring (bicyclic) bond motifs is 1. The monoisotopic (exact) mass is 400 g/mol. The Morgan fingerprint density at radius 1 is 1.18 bits per heavy atom. The number of likely N-dealkylation sites (tertiary alicyclic amines) is 1. The maximum Gasteiger partial charge on any atom is 0.254 e. The quantitative estimate of drug-likeness (QED) is 0.644. The van der Waals surface area contributed by atoms with Crippen LogP contribution >= 0.6 is 11.6 Å². The van der Waals surface area contributed by atoms with E-state index >= 15 is 0 Å². The van der Waals surface area contributed by atoms with Crippen LogP contribution in [0.4, 0.5) is 0 Å². The number of hydrogen-bond acceptors (Lipinski definition) is 5. The Balaban J connectivity index is 1.47. The summed E-state index contributed by atoms with van der Waals surface area (Å²) in [5.74, 6) is 1.77. The van der Waals surface area contributed by atoms with Crippen molar-refractivity contribution in [2.24, 2.45) is 0 Å². The molecular formula is C21H21ClN2O4. The van der Waals surface area contributed by atoms with Crippen molar-refractivity contribution in [3.05, 3.63) is 52.9 Å². The van der Waals surface area contributed by atoms with Gasteiger partial charge >= 0.3 is 0 Å². The minimum atomic E-state index is -0.0705. The zero-order chi connectivity index (χ0) is 19.7. The first-order valence-corrected chi connectivity index (χ1v) is 9.54. The lowest BCUT2D eigenvalue weighted by Gasteiger charge is -2.30. The van der Waals surface area contributed by atoms with Crippen LogP contribution in [0.25, 0.3) is 11.1 Å². The number of hydrogen-bond donors (Lipinski definition) is 0. The summed E-state index contributed by atoms with van der Waals surface area (Å²) in [7, 11) is 3.04. The number of amides is 1. The van der Waals surface area contributed by atoms with Crippen molar-refractivity contribution in [1.29, 1.82) is 0 Å². The van der Waals surface area contributed by atoms with Gasteiger partial charge in [0.1, 0.15) is 5.52 Å². The zero-order valence-electron chi connectivity index (χ0n) is 15.8. The predicted octanol–water partition coefficient (Wildman–Crippen LogP) is 4.52. The predicted molar refractivity (Wildman–Crippen MR) is 106 cm³/mol. The normalized spacial score (nSPS) is 15.0. The Bertz CT molecular complexity index is 976. The Hall–Kier alpha value is -2.73. The summed E-state index contributed by atoms with van der Waals surface area (Å²) in [5, 5.41) is 0.353. The van der Waals surface area contributed by atoms with Crippen LogP contribution in [0.1, 0.15) is 35.0 Å². The summed E-state index contributed by atoms with van der Waals surface area (Å²) in [6.45, 7) is 1.27. The van der Waals surface area contributed by atoms with Crippen molar-refractivity contribution in [2.45, 2.75) is 18.8 Å². The molecule has 1 aromatic heterocycles. The number of ether oxygens (including phenoxy) is 2. The molecule has 4 rings (SSSR count). The number of methoxy groups -OCH3 is 2. The van der Waals surface area contributed by atoms with Gasteiger partial charge in [-0.3, -0.25) is 4.79 Å². The van der Waals surface area contributed by atoms with Gasteiger partial charge in [-0.15, -0.1) is 0 Å². The molecule has 0 N–H and O–H groups in total. The average Bonchev–Trinajstić information content (AvgIpc) is 3.17. The molecule has 7 heteroatoms. The lowest BCUT2D eigenvalue weighted by Crippen LogP contribution is -2.38. The molecule has 1 fully saturated rings. The summed E-state index contributed by atoms with van der Waals surface area (Å²) >= 11 is 6.24. The van der Waals surface area contributed by atoms with E-state index in [0.717, 1.165) is 29.8 Å². The van der Waals surface area contributed by atoms with Crippen LogP contribution in [0.15, 0.2) is 40.8 Å². The number of benzene rings is 2. The van der Waals surface area contributed by atoms with E-state index in [1.54, 1.807) is 12.1 Å². The maximum absolute atomic E-state index is 12.9. The molecule has 1 aliphatic heterocycles. The number of piperidine rings is 1. The third kappa shape index (κ3) is 3.40. The molecule has 0 unspecified atom stereocenters. The van der Waals surface area contributed by atoms with Gasteiger partial charge in [0.05, 0.1) is 19.2 Å². The second-order valence-corrected chi connectivity index (χ2v) is 7.19. The number of nitrogens with zero attached hydrogens (tertiary/aromatic N) is 2. The summed E-state index contributed by atoms with van der Waals surface area (Å²) in [5.41, 5.74) is 2.16. The van der Waals surface area contributed by atoms with E-state index in [2.05, 4.69) is 4.98 Å². The Kier molecular flexibility index (Phi) is 5.13. The van der Waals surface area contributed by atoms with Crippen molar-refractivity contribution in [2.75, 3.05) is 27.3 Å². The van der Waals surface area contributed by atoms with Crippen LogP contribution < -0.4 is 9.47 Å². The van der Waals surface area contributed by atoms with E-state index in [0.29, 0.717) is 35.2 Å². The minimum absolute atomic E-state index is 0.0705. The average molecular weight is 401 g/mol. The molecular weight excluding hydrogens is 380 g/mol. The van der Waals surface area contributed by atoms with Crippen LogP contribution in [0, 0.1) is 0 Å². The lowest BCUT2D eigenvalue weighted by molar-refractivity contribution is 0.0706. The smallest absolute Gasteiger partial charge is 0.254 e. The molecule has 28 heavy (non-hydrogen) atoms. The number of halogens is 1. The summed E-state index contributed by atoms with van der Waals surface area (Å²) < 4.78 is 16.4. The van der Waals surface area contributed by atoms with Gasteiger partial charge in [0.25, 0.3) is 5.91 Å². The lowest BCUT2D eigenvalue weighted by atomic mass is 9.96. The molecule has 146 valence electrons. The fraction of sp³-hybridized carbons (Fsp3) is 0.333. The van der Waals surface area contributed by atoms with Gasteiger partial charge in [0.15, 0.2) is 23.0 Å². The molecule has 2 heterocycles. The summed E-state index contributed by atoms with van der Waals surface area (Å²) in [6.07, 6.45) is 1.61. The second kappa shape index (κ2) is 7.72. The van der Waals surface area contributed by atoms with Crippen LogP contribution in [0.5, 0.6) is 11.5 Å². The van der Waals surface area contributed by atoms with Crippen molar-refractivity contribution in [3.8, 4) is 11.5 Å². The number of carbonyl (C=O) groups excluding carboxylic acids is 1. The first-order chi connectivity index (χ1) is 13.6. The third-order valence-corrected chi connectivity index (χ3v) is 5.40. The zero-order valence-corrected chi connectivity index (χ0v) is 16.5. The molecule has 2 aromatic carbocycles. The first-order valence-electron chi connectivity index (χ1n) is 9.17. The van der Waals surface area contributed by atoms with Crippen molar-refractivity contribution in [3.63, 3.8) is 0 Å². The van der Waals surface area contributed by atoms with E-state index in [-0.39, 0.29) is 11.8 Å². The fourth-order valence-corrected chi connectivity index (χ4v) is 3.91. The Morgan fingerprint density at radius 3 is 2.61 bits per heavy atom. The van der Waals surface area contributed by atoms with E-state index < -0.39 is 0 Å². The second-order valence-electron chi connectivity index (χ2n) is 6.78. The van der Waals surface area contributed by atoms with Crippen LogP contribution in [0.2, 0.25) is 5.02 Å². The highest BCUT2D eigenvalue weighted by molar-refractivity contribution is 6.32. The molecule has 1 amide bonds. The van der Waals surface area contributed by atoms with Gasteiger partial charge in [0.2, 0.25) is 0 Å². The van der Waals surface area contributed by atoms with Crippen molar-refractivity contribution < 1.29 is 18.7 Å². The topological polar surface area (TPSA) is 64.8 Å².